The molecule has 0 aromatic heterocycles. The SMILES string of the molecule is C[AsH]C.N[C@@H](CS)C(=O)O. The van der Waals surface area contributed by atoms with E-state index in [1.807, 2.05) is 0 Å². The summed E-state index contributed by atoms with van der Waals surface area (Å²) < 4.78 is 0. The van der Waals surface area contributed by atoms with E-state index in [1.54, 1.807) is 0 Å². The van der Waals surface area contributed by atoms with Gasteiger partial charge in [-0.3, -0.25) is 4.79 Å². The molecule has 62 valence electrons. The summed E-state index contributed by atoms with van der Waals surface area (Å²) in [6.07, 6.45) is 0. The quantitative estimate of drug-likeness (QED) is 0.454. The fraction of sp³-hybridized carbons (Fsp3) is 0.800. The maximum Gasteiger partial charge on any atom is 0.321 e. The molecule has 0 bridgehead atoms. The fourth-order valence-electron chi connectivity index (χ4n) is 0.0781. The second-order valence-electron chi connectivity index (χ2n) is 1.63. The third-order valence-corrected chi connectivity index (χ3v) is 0.907. The summed E-state index contributed by atoms with van der Waals surface area (Å²) in [5, 5.41) is 8.01. The van der Waals surface area contributed by atoms with E-state index in [2.05, 4.69) is 24.1 Å². The molecule has 0 heterocycles. The van der Waals surface area contributed by atoms with Crippen LogP contribution in [0.3, 0.4) is 0 Å². The smallest absolute Gasteiger partial charge is 0.321 e. The van der Waals surface area contributed by atoms with Crippen molar-refractivity contribution in [3.63, 3.8) is 0 Å². The van der Waals surface area contributed by atoms with Gasteiger partial charge >= 0.3 is 33.1 Å². The Labute approximate surface area is 73.5 Å². The third-order valence-electron chi connectivity index (χ3n) is 0.514. The molecule has 0 saturated carbocycles. The van der Waals surface area contributed by atoms with Crippen LogP contribution >= 0.6 is 12.6 Å². The van der Waals surface area contributed by atoms with E-state index < -0.39 is 12.0 Å². The van der Waals surface area contributed by atoms with Crippen LogP contribution in [0.5, 0.6) is 0 Å². The maximum absolute atomic E-state index is 9.76. The van der Waals surface area contributed by atoms with Crippen molar-refractivity contribution in [2.75, 3.05) is 5.75 Å². The van der Waals surface area contributed by atoms with Crippen LogP contribution in [0, 0.1) is 0 Å². The summed E-state index contributed by atoms with van der Waals surface area (Å²) in [4.78, 5) is 9.76. The standard InChI is InChI=1S/C3H7NO2S.C2H7As/c4-2(1-7)3(5)6;1-3-2/h2,7H,1,4H2,(H,5,6);3H,1-2H3/t2-;/m0./s1. The van der Waals surface area contributed by atoms with Crippen molar-refractivity contribution in [3.8, 4) is 0 Å². The Morgan fingerprint density at radius 3 is 2.10 bits per heavy atom. The first-order valence-corrected chi connectivity index (χ1v) is 7.60. The molecule has 10 heavy (non-hydrogen) atoms. The van der Waals surface area contributed by atoms with Gasteiger partial charge in [0.05, 0.1) is 0 Å². The second-order valence-corrected chi connectivity index (χ2v) is 4.09. The Balaban J connectivity index is 0. The topological polar surface area (TPSA) is 63.3 Å². The predicted octanol–water partition coefficient (Wildman–Crippen LogP) is -0.153. The van der Waals surface area contributed by atoms with Crippen molar-refractivity contribution >= 4 is 34.4 Å². The van der Waals surface area contributed by atoms with Crippen molar-refractivity contribution in [2.24, 2.45) is 5.73 Å². The van der Waals surface area contributed by atoms with Gasteiger partial charge in [-0.15, -0.1) is 0 Å². The summed E-state index contributed by atoms with van der Waals surface area (Å²) in [5.74, 6) is -0.815. The first-order valence-electron chi connectivity index (χ1n) is 2.77. The van der Waals surface area contributed by atoms with Crippen LogP contribution in [0.2, 0.25) is 11.4 Å². The van der Waals surface area contributed by atoms with Crippen LogP contribution in [0.25, 0.3) is 0 Å². The van der Waals surface area contributed by atoms with E-state index in [-0.39, 0.29) is 5.75 Å². The number of thiol groups is 1. The molecule has 0 aliphatic rings. The summed E-state index contributed by atoms with van der Waals surface area (Å²) in [7, 11) is 0. The van der Waals surface area contributed by atoms with Crippen molar-refractivity contribution in [1.29, 1.82) is 0 Å². The van der Waals surface area contributed by atoms with Gasteiger partial charge < -0.3 is 10.8 Å². The number of carboxylic acid groups (broad SMARTS) is 1. The van der Waals surface area contributed by atoms with Crippen LogP contribution < -0.4 is 5.73 Å². The van der Waals surface area contributed by atoms with Gasteiger partial charge in [-0.2, -0.15) is 12.6 Å². The minimum absolute atomic E-state index is 0.190. The van der Waals surface area contributed by atoms with E-state index >= 15 is 0 Å². The first kappa shape index (κ1) is 13.0. The first-order chi connectivity index (χ1) is 4.59. The molecule has 0 aliphatic heterocycles. The molecule has 3 nitrogen and oxygen atoms in total. The molecule has 0 unspecified atom stereocenters. The number of rotatable bonds is 2. The molecule has 0 saturated heterocycles. The zero-order chi connectivity index (χ0) is 8.57. The molecule has 0 aromatic rings. The molecular weight excluding hydrogens is 213 g/mol. The average molecular weight is 227 g/mol. The minimum Gasteiger partial charge on any atom is -0.480 e. The van der Waals surface area contributed by atoms with Crippen molar-refractivity contribution < 1.29 is 9.90 Å². The normalized spacial score (nSPS) is 11.2. The van der Waals surface area contributed by atoms with E-state index in [1.165, 1.54) is 0 Å². The van der Waals surface area contributed by atoms with Gasteiger partial charge in [-0.1, -0.05) is 0 Å². The van der Waals surface area contributed by atoms with Gasteiger partial charge in [0.2, 0.25) is 0 Å². The number of aliphatic carboxylic acids is 1. The Hall–Kier alpha value is 0.338. The van der Waals surface area contributed by atoms with Crippen molar-refractivity contribution in [3.05, 3.63) is 0 Å². The molecule has 0 rings (SSSR count). The van der Waals surface area contributed by atoms with Crippen LogP contribution in [0.4, 0.5) is 0 Å². The molecule has 0 radical (unpaired) electrons. The number of hydrogen-bond acceptors (Lipinski definition) is 3. The van der Waals surface area contributed by atoms with Crippen molar-refractivity contribution in [1.82, 2.24) is 0 Å². The average Bonchev–Trinajstić information content (AvgIpc) is 1.88. The predicted molar refractivity (Wildman–Crippen MR) is 48.3 cm³/mol. The van der Waals surface area contributed by atoms with Crippen LogP contribution in [-0.2, 0) is 4.79 Å². The Kier molecular flexibility index (Phi) is 12.1. The van der Waals surface area contributed by atoms with E-state index in [4.69, 9.17) is 10.8 Å². The molecule has 0 aromatic carbocycles. The van der Waals surface area contributed by atoms with Gasteiger partial charge in [0.15, 0.2) is 0 Å². The molecule has 0 amide bonds. The number of carbonyl (C=O) groups is 1. The number of hydrogen-bond donors (Lipinski definition) is 3. The molecule has 1 atom stereocenters. The molecular formula is C5H14AsNO2S. The monoisotopic (exact) mass is 227 g/mol. The number of nitrogens with two attached hydrogens (primary N) is 1. The summed E-state index contributed by atoms with van der Waals surface area (Å²) >= 11 is 4.15. The summed E-state index contributed by atoms with van der Waals surface area (Å²) in [6.45, 7) is 0. The summed E-state index contributed by atoms with van der Waals surface area (Å²) in [5.41, 5.74) is 9.44. The summed E-state index contributed by atoms with van der Waals surface area (Å²) in [6, 6.07) is -0.816. The Morgan fingerprint density at radius 1 is 1.80 bits per heavy atom. The van der Waals surface area contributed by atoms with Crippen LogP contribution in [0.15, 0.2) is 0 Å². The van der Waals surface area contributed by atoms with E-state index in [9.17, 15) is 4.79 Å². The van der Waals surface area contributed by atoms with Gasteiger partial charge in [0.25, 0.3) is 0 Å². The third kappa shape index (κ3) is 11.2. The maximum atomic E-state index is 9.76. The van der Waals surface area contributed by atoms with E-state index in [0.29, 0.717) is 15.8 Å². The van der Waals surface area contributed by atoms with Gasteiger partial charge in [-0.25, -0.2) is 0 Å². The van der Waals surface area contributed by atoms with Crippen molar-refractivity contribution in [2.45, 2.75) is 17.5 Å². The molecule has 3 N–H and O–H groups in total. The van der Waals surface area contributed by atoms with Crippen LogP contribution in [-0.4, -0.2) is 38.6 Å². The minimum atomic E-state index is -1.00. The van der Waals surface area contributed by atoms with E-state index in [0.717, 1.165) is 0 Å². The Bertz CT molecular complexity index is 91.7. The fourth-order valence-corrected chi connectivity index (χ4v) is 0.234. The molecule has 5 heteroatoms. The van der Waals surface area contributed by atoms with Gasteiger partial charge in [0, 0.05) is 5.75 Å². The number of carboxylic acids is 1. The van der Waals surface area contributed by atoms with Gasteiger partial charge in [0.1, 0.15) is 6.04 Å². The zero-order valence-electron chi connectivity index (χ0n) is 6.16. The zero-order valence-corrected chi connectivity index (χ0v) is 9.16. The molecule has 0 aliphatic carbocycles. The Morgan fingerprint density at radius 2 is 2.10 bits per heavy atom. The molecule has 0 fully saturated rings. The largest absolute Gasteiger partial charge is 0.480 e. The van der Waals surface area contributed by atoms with Gasteiger partial charge in [-0.05, 0) is 0 Å². The molecule has 0 spiro atoms. The second kappa shape index (κ2) is 9.34. The van der Waals surface area contributed by atoms with Crippen LogP contribution in [0.1, 0.15) is 0 Å².